The Balaban J connectivity index is 3.60. The summed E-state index contributed by atoms with van der Waals surface area (Å²) in [5, 5.41) is 2.84. The summed E-state index contributed by atoms with van der Waals surface area (Å²) in [6, 6.07) is 0. The van der Waals surface area contributed by atoms with Crippen LogP contribution in [0.5, 0.6) is 0 Å². The van der Waals surface area contributed by atoms with Crippen LogP contribution in [0.4, 0.5) is 0 Å². The zero-order valence-corrected chi connectivity index (χ0v) is 14.9. The molecule has 0 fully saturated rings. The lowest BCUT2D eigenvalue weighted by molar-refractivity contribution is -0.132. The van der Waals surface area contributed by atoms with Crippen LogP contribution in [0.3, 0.4) is 0 Å². The first-order chi connectivity index (χ1) is 10.3. The molecule has 0 aromatic heterocycles. The Bertz CT molecular complexity index is 327. The second-order valence-corrected chi connectivity index (χ2v) is 6.57. The number of carbonyl (C=O) groups is 2. The number of hydrogen-bond acceptors (Lipinski definition) is 4. The number of ether oxygens (including phenoxy) is 2. The van der Waals surface area contributed by atoms with Gasteiger partial charge >= 0.3 is 0 Å². The van der Waals surface area contributed by atoms with Crippen LogP contribution >= 0.6 is 0 Å². The van der Waals surface area contributed by atoms with E-state index < -0.39 is 0 Å². The van der Waals surface area contributed by atoms with E-state index in [-0.39, 0.29) is 24.0 Å². The average Bonchev–Trinajstić information content (AvgIpc) is 2.46. The maximum atomic E-state index is 11.7. The topological polar surface area (TPSA) is 64.6 Å². The Hall–Kier alpha value is -0.940. The fraction of sp³-hybridized carbons (Fsp3) is 0.882. The fourth-order valence-electron chi connectivity index (χ4n) is 1.85. The Morgan fingerprint density at radius 1 is 1.14 bits per heavy atom. The highest BCUT2D eigenvalue weighted by Crippen LogP contribution is 2.13. The molecular formula is C17H33NO4. The van der Waals surface area contributed by atoms with Gasteiger partial charge in [-0.15, -0.1) is 0 Å². The number of hydrogen-bond donors (Lipinski definition) is 1. The standard InChI is InChI=1S/C17H33NO4/c1-14(2)15(19)9-7-6-8-11-18-16(20)13-22-17(3,4)10-12-21-5/h14H,6-13H2,1-5H3,(H,18,20). The summed E-state index contributed by atoms with van der Waals surface area (Å²) < 4.78 is 10.6. The lowest BCUT2D eigenvalue weighted by Gasteiger charge is -2.24. The molecule has 5 heteroatoms. The Morgan fingerprint density at radius 2 is 1.82 bits per heavy atom. The van der Waals surface area contributed by atoms with Crippen LogP contribution in [-0.2, 0) is 19.1 Å². The van der Waals surface area contributed by atoms with E-state index in [1.54, 1.807) is 7.11 Å². The van der Waals surface area contributed by atoms with Crippen LogP contribution in [0.15, 0.2) is 0 Å². The van der Waals surface area contributed by atoms with Crippen LogP contribution in [0.25, 0.3) is 0 Å². The van der Waals surface area contributed by atoms with Crippen molar-refractivity contribution in [1.82, 2.24) is 5.32 Å². The Morgan fingerprint density at radius 3 is 2.41 bits per heavy atom. The van der Waals surface area contributed by atoms with E-state index in [0.717, 1.165) is 25.7 Å². The zero-order chi connectivity index (χ0) is 17.0. The minimum atomic E-state index is -0.357. The van der Waals surface area contributed by atoms with Gasteiger partial charge in [-0.05, 0) is 33.1 Å². The highest BCUT2D eigenvalue weighted by Gasteiger charge is 2.19. The molecule has 5 nitrogen and oxygen atoms in total. The summed E-state index contributed by atoms with van der Waals surface area (Å²) in [5.74, 6) is 0.345. The van der Waals surface area contributed by atoms with Gasteiger partial charge in [-0.1, -0.05) is 20.3 Å². The first kappa shape index (κ1) is 21.1. The number of nitrogens with one attached hydrogen (secondary N) is 1. The molecule has 1 N–H and O–H groups in total. The van der Waals surface area contributed by atoms with Crippen LogP contribution in [0.1, 0.15) is 59.8 Å². The van der Waals surface area contributed by atoms with Crippen molar-refractivity contribution in [2.45, 2.75) is 65.4 Å². The smallest absolute Gasteiger partial charge is 0.246 e. The van der Waals surface area contributed by atoms with Crippen molar-refractivity contribution in [1.29, 1.82) is 0 Å². The number of ketones is 1. The minimum Gasteiger partial charge on any atom is -0.385 e. The molecular weight excluding hydrogens is 282 g/mol. The molecule has 0 heterocycles. The molecule has 0 unspecified atom stereocenters. The second kappa shape index (κ2) is 11.6. The van der Waals surface area contributed by atoms with Gasteiger partial charge in [0, 0.05) is 32.6 Å². The third-order valence-electron chi connectivity index (χ3n) is 3.57. The summed E-state index contributed by atoms with van der Waals surface area (Å²) >= 11 is 0. The monoisotopic (exact) mass is 315 g/mol. The molecule has 0 aliphatic heterocycles. The van der Waals surface area contributed by atoms with Gasteiger partial charge in [0.05, 0.1) is 5.60 Å². The SMILES string of the molecule is COCCC(C)(C)OCC(=O)NCCCCCC(=O)C(C)C. The molecule has 1 amide bonds. The van der Waals surface area contributed by atoms with E-state index in [9.17, 15) is 9.59 Å². The fourth-order valence-corrected chi connectivity index (χ4v) is 1.85. The maximum absolute atomic E-state index is 11.7. The molecule has 0 aromatic rings. The van der Waals surface area contributed by atoms with Gasteiger partial charge in [-0.3, -0.25) is 9.59 Å². The Kier molecular flexibility index (Phi) is 11.1. The average molecular weight is 315 g/mol. The van der Waals surface area contributed by atoms with Crippen LogP contribution in [-0.4, -0.2) is 44.2 Å². The van der Waals surface area contributed by atoms with E-state index >= 15 is 0 Å². The Labute approximate surface area is 135 Å². The molecule has 0 bridgehead atoms. The predicted molar refractivity (Wildman–Crippen MR) is 87.8 cm³/mol. The van der Waals surface area contributed by atoms with E-state index in [1.807, 2.05) is 27.7 Å². The molecule has 0 aromatic carbocycles. The van der Waals surface area contributed by atoms with Crippen molar-refractivity contribution >= 4 is 11.7 Å². The molecule has 0 aliphatic carbocycles. The number of rotatable bonds is 13. The van der Waals surface area contributed by atoms with Crippen molar-refractivity contribution < 1.29 is 19.1 Å². The highest BCUT2D eigenvalue weighted by atomic mass is 16.5. The highest BCUT2D eigenvalue weighted by molar-refractivity contribution is 5.80. The van der Waals surface area contributed by atoms with Crippen molar-refractivity contribution in [3.8, 4) is 0 Å². The maximum Gasteiger partial charge on any atom is 0.246 e. The lowest BCUT2D eigenvalue weighted by Crippen LogP contribution is -2.34. The summed E-state index contributed by atoms with van der Waals surface area (Å²) in [6.07, 6.45) is 4.14. The third-order valence-corrected chi connectivity index (χ3v) is 3.57. The molecule has 0 rings (SSSR count). The van der Waals surface area contributed by atoms with Crippen molar-refractivity contribution in [3.05, 3.63) is 0 Å². The van der Waals surface area contributed by atoms with Gasteiger partial charge in [0.1, 0.15) is 12.4 Å². The van der Waals surface area contributed by atoms with Crippen molar-refractivity contribution in [2.75, 3.05) is 26.9 Å². The normalized spacial score (nSPS) is 11.7. The summed E-state index contributed by atoms with van der Waals surface area (Å²) in [4.78, 5) is 23.1. The van der Waals surface area contributed by atoms with Crippen LogP contribution < -0.4 is 5.32 Å². The molecule has 0 aliphatic rings. The molecule has 0 saturated heterocycles. The second-order valence-electron chi connectivity index (χ2n) is 6.57. The largest absolute Gasteiger partial charge is 0.385 e. The lowest BCUT2D eigenvalue weighted by atomic mass is 10.0. The molecule has 0 radical (unpaired) electrons. The van der Waals surface area contributed by atoms with Crippen molar-refractivity contribution in [2.24, 2.45) is 5.92 Å². The number of methoxy groups -OCH3 is 1. The van der Waals surface area contributed by atoms with E-state index in [0.29, 0.717) is 25.4 Å². The quantitative estimate of drug-likeness (QED) is 0.531. The number of Topliss-reactive ketones (excluding diaryl/α,β-unsaturated/α-hetero) is 1. The number of unbranched alkanes of at least 4 members (excludes halogenated alkanes) is 2. The summed E-state index contributed by atoms with van der Waals surface area (Å²) in [5.41, 5.74) is -0.357. The first-order valence-corrected chi connectivity index (χ1v) is 8.21. The number of carbonyl (C=O) groups excluding carboxylic acids is 2. The molecule has 0 atom stereocenters. The van der Waals surface area contributed by atoms with Gasteiger partial charge in [-0.25, -0.2) is 0 Å². The van der Waals surface area contributed by atoms with Crippen LogP contribution in [0.2, 0.25) is 0 Å². The van der Waals surface area contributed by atoms with Gasteiger partial charge in [0.25, 0.3) is 0 Å². The van der Waals surface area contributed by atoms with E-state index in [4.69, 9.17) is 9.47 Å². The predicted octanol–water partition coefficient (Wildman–Crippen LogP) is 2.72. The first-order valence-electron chi connectivity index (χ1n) is 8.21. The van der Waals surface area contributed by atoms with Crippen LogP contribution in [0, 0.1) is 5.92 Å². The summed E-state index contributed by atoms with van der Waals surface area (Å²) in [6.45, 7) is 9.08. The minimum absolute atomic E-state index is 0.0720. The molecule has 130 valence electrons. The third kappa shape index (κ3) is 11.7. The summed E-state index contributed by atoms with van der Waals surface area (Å²) in [7, 11) is 1.65. The van der Waals surface area contributed by atoms with Gasteiger partial charge in [0.2, 0.25) is 5.91 Å². The molecule has 0 spiro atoms. The number of amides is 1. The molecule has 22 heavy (non-hydrogen) atoms. The van der Waals surface area contributed by atoms with Gasteiger partial charge < -0.3 is 14.8 Å². The van der Waals surface area contributed by atoms with Gasteiger partial charge in [-0.2, -0.15) is 0 Å². The molecule has 0 saturated carbocycles. The van der Waals surface area contributed by atoms with E-state index in [2.05, 4.69) is 5.32 Å². The van der Waals surface area contributed by atoms with Crippen molar-refractivity contribution in [3.63, 3.8) is 0 Å². The van der Waals surface area contributed by atoms with Gasteiger partial charge in [0.15, 0.2) is 0 Å². The zero-order valence-electron chi connectivity index (χ0n) is 14.9. The van der Waals surface area contributed by atoms with E-state index in [1.165, 1.54) is 0 Å².